The minimum Gasteiger partial charge on any atom is -0.395 e. The van der Waals surface area contributed by atoms with E-state index in [-0.39, 0.29) is 12.0 Å². The van der Waals surface area contributed by atoms with E-state index in [1.165, 1.54) is 11.1 Å². The molecule has 14 heavy (non-hydrogen) atoms. The molecule has 0 radical (unpaired) electrons. The Morgan fingerprint density at radius 2 is 2.07 bits per heavy atom. The molecule has 0 spiro atoms. The topological polar surface area (TPSA) is 46.2 Å². The zero-order chi connectivity index (χ0) is 10.6. The highest BCUT2D eigenvalue weighted by Gasteiger charge is 2.18. The summed E-state index contributed by atoms with van der Waals surface area (Å²) in [5.41, 5.74) is 7.76. The van der Waals surface area contributed by atoms with Crippen molar-refractivity contribution in [2.24, 2.45) is 5.73 Å². The van der Waals surface area contributed by atoms with Crippen LogP contribution in [0.1, 0.15) is 25.0 Å². The fraction of sp³-hybridized carbons (Fsp3) is 0.500. The van der Waals surface area contributed by atoms with Gasteiger partial charge in [0.15, 0.2) is 0 Å². The number of benzene rings is 1. The smallest absolute Gasteiger partial charge is 0.0522 e. The highest BCUT2D eigenvalue weighted by Crippen LogP contribution is 2.23. The third-order valence-electron chi connectivity index (χ3n) is 2.54. The first-order valence-electron chi connectivity index (χ1n) is 5.00. The molecule has 0 saturated carbocycles. The van der Waals surface area contributed by atoms with Crippen LogP contribution < -0.4 is 5.73 Å². The summed E-state index contributed by atoms with van der Waals surface area (Å²) >= 11 is 0. The van der Waals surface area contributed by atoms with Gasteiger partial charge in [-0.1, -0.05) is 38.1 Å². The van der Waals surface area contributed by atoms with Crippen molar-refractivity contribution in [2.45, 2.75) is 25.7 Å². The minimum atomic E-state index is -0.162. The minimum absolute atomic E-state index is 0.162. The lowest BCUT2D eigenvalue weighted by molar-refractivity contribution is 0.218. The third-order valence-corrected chi connectivity index (χ3v) is 2.54. The van der Waals surface area contributed by atoms with Gasteiger partial charge in [-0.25, -0.2) is 0 Å². The van der Waals surface area contributed by atoms with Gasteiger partial charge in [-0.05, 0) is 24.1 Å². The maximum absolute atomic E-state index is 9.24. The number of aliphatic hydroxyl groups excluding tert-OH is 1. The van der Waals surface area contributed by atoms with E-state index in [1.807, 2.05) is 19.9 Å². The second-order valence-electron chi connectivity index (χ2n) is 4.28. The van der Waals surface area contributed by atoms with Crippen LogP contribution in [0.2, 0.25) is 0 Å². The summed E-state index contributed by atoms with van der Waals surface area (Å²) in [4.78, 5) is 0. The molecule has 0 atom stereocenters. The number of aliphatic hydroxyl groups is 1. The molecule has 0 heterocycles. The standard InChI is InChI=1S/C12H19NO/c1-12(2,9-14)11-5-3-4-10(8-11)6-7-13/h3-5,8,14H,6-7,9,13H2,1-2H3. The van der Waals surface area contributed by atoms with E-state index in [4.69, 9.17) is 5.73 Å². The van der Waals surface area contributed by atoms with Crippen LogP contribution in [-0.4, -0.2) is 18.3 Å². The van der Waals surface area contributed by atoms with Crippen molar-refractivity contribution in [3.05, 3.63) is 35.4 Å². The molecule has 0 fully saturated rings. The zero-order valence-corrected chi connectivity index (χ0v) is 8.96. The Balaban J connectivity index is 2.93. The maximum atomic E-state index is 9.24. The van der Waals surface area contributed by atoms with Gasteiger partial charge in [0.2, 0.25) is 0 Å². The van der Waals surface area contributed by atoms with E-state index >= 15 is 0 Å². The molecule has 0 aliphatic heterocycles. The van der Waals surface area contributed by atoms with E-state index in [0.717, 1.165) is 6.42 Å². The van der Waals surface area contributed by atoms with Crippen molar-refractivity contribution < 1.29 is 5.11 Å². The molecule has 3 N–H and O–H groups in total. The van der Waals surface area contributed by atoms with Gasteiger partial charge in [-0.2, -0.15) is 0 Å². The second-order valence-corrected chi connectivity index (χ2v) is 4.28. The summed E-state index contributed by atoms with van der Waals surface area (Å²) in [5.74, 6) is 0. The van der Waals surface area contributed by atoms with Crippen LogP contribution in [0.15, 0.2) is 24.3 Å². The first kappa shape index (κ1) is 11.2. The van der Waals surface area contributed by atoms with Crippen molar-refractivity contribution in [2.75, 3.05) is 13.2 Å². The van der Waals surface area contributed by atoms with Gasteiger partial charge < -0.3 is 10.8 Å². The van der Waals surface area contributed by atoms with Crippen LogP contribution in [0.4, 0.5) is 0 Å². The van der Waals surface area contributed by atoms with E-state index in [0.29, 0.717) is 6.54 Å². The molecule has 1 aromatic rings. The predicted molar refractivity (Wildman–Crippen MR) is 59.3 cm³/mol. The molecule has 2 nitrogen and oxygen atoms in total. The summed E-state index contributed by atoms with van der Waals surface area (Å²) in [6.45, 7) is 4.91. The van der Waals surface area contributed by atoms with Crippen molar-refractivity contribution in [3.63, 3.8) is 0 Å². The lowest BCUT2D eigenvalue weighted by Crippen LogP contribution is -2.22. The van der Waals surface area contributed by atoms with Crippen LogP contribution in [0.25, 0.3) is 0 Å². The highest BCUT2D eigenvalue weighted by molar-refractivity contribution is 5.29. The largest absolute Gasteiger partial charge is 0.395 e. The number of hydrogen-bond donors (Lipinski definition) is 2. The molecule has 78 valence electrons. The molecule has 0 bridgehead atoms. The third kappa shape index (κ3) is 2.56. The van der Waals surface area contributed by atoms with Gasteiger partial charge in [-0.3, -0.25) is 0 Å². The van der Waals surface area contributed by atoms with Gasteiger partial charge in [0, 0.05) is 5.41 Å². The molecule has 2 heteroatoms. The summed E-state index contributed by atoms with van der Waals surface area (Å²) < 4.78 is 0. The van der Waals surface area contributed by atoms with E-state index < -0.39 is 0 Å². The summed E-state index contributed by atoms with van der Waals surface area (Å²) in [7, 11) is 0. The first-order valence-corrected chi connectivity index (χ1v) is 5.00. The summed E-state index contributed by atoms with van der Waals surface area (Å²) in [6, 6.07) is 8.28. The fourth-order valence-electron chi connectivity index (χ4n) is 1.41. The Labute approximate surface area is 85.8 Å². The van der Waals surface area contributed by atoms with Crippen molar-refractivity contribution in [1.29, 1.82) is 0 Å². The molecule has 0 aliphatic rings. The Kier molecular flexibility index (Phi) is 3.67. The normalized spacial score (nSPS) is 11.7. The lowest BCUT2D eigenvalue weighted by atomic mass is 9.84. The first-order chi connectivity index (χ1) is 6.60. The van der Waals surface area contributed by atoms with Gasteiger partial charge in [0.05, 0.1) is 6.61 Å². The summed E-state index contributed by atoms with van der Waals surface area (Å²) in [6.07, 6.45) is 0.898. The second kappa shape index (κ2) is 4.58. The molecule has 0 aromatic heterocycles. The van der Waals surface area contributed by atoms with Crippen LogP contribution in [0.5, 0.6) is 0 Å². The predicted octanol–water partition coefficient (Wildman–Crippen LogP) is 1.46. The van der Waals surface area contributed by atoms with E-state index in [2.05, 4.69) is 18.2 Å². The average molecular weight is 193 g/mol. The number of rotatable bonds is 4. The lowest BCUT2D eigenvalue weighted by Gasteiger charge is -2.22. The number of nitrogens with two attached hydrogens (primary N) is 1. The monoisotopic (exact) mass is 193 g/mol. The fourth-order valence-corrected chi connectivity index (χ4v) is 1.41. The maximum Gasteiger partial charge on any atom is 0.0522 e. The quantitative estimate of drug-likeness (QED) is 0.760. The molecule has 1 rings (SSSR count). The van der Waals surface area contributed by atoms with Gasteiger partial charge in [0.1, 0.15) is 0 Å². The molecular formula is C12H19NO. The van der Waals surface area contributed by atoms with Gasteiger partial charge >= 0.3 is 0 Å². The van der Waals surface area contributed by atoms with E-state index in [9.17, 15) is 5.11 Å². The Hall–Kier alpha value is -0.860. The summed E-state index contributed by atoms with van der Waals surface area (Å²) in [5, 5.41) is 9.24. The average Bonchev–Trinajstić information content (AvgIpc) is 2.19. The molecule has 0 saturated heterocycles. The number of hydrogen-bond acceptors (Lipinski definition) is 2. The van der Waals surface area contributed by atoms with Crippen LogP contribution in [0.3, 0.4) is 0 Å². The van der Waals surface area contributed by atoms with Gasteiger partial charge in [0.25, 0.3) is 0 Å². The van der Waals surface area contributed by atoms with Crippen LogP contribution in [0, 0.1) is 0 Å². The molecule has 0 unspecified atom stereocenters. The molecule has 0 aliphatic carbocycles. The van der Waals surface area contributed by atoms with Crippen LogP contribution in [-0.2, 0) is 11.8 Å². The van der Waals surface area contributed by atoms with Crippen molar-refractivity contribution in [1.82, 2.24) is 0 Å². The zero-order valence-electron chi connectivity index (χ0n) is 8.96. The van der Waals surface area contributed by atoms with E-state index in [1.54, 1.807) is 0 Å². The Morgan fingerprint density at radius 1 is 1.36 bits per heavy atom. The Morgan fingerprint density at radius 3 is 2.64 bits per heavy atom. The van der Waals surface area contributed by atoms with Crippen molar-refractivity contribution >= 4 is 0 Å². The molecule has 0 amide bonds. The highest BCUT2D eigenvalue weighted by atomic mass is 16.3. The van der Waals surface area contributed by atoms with Gasteiger partial charge in [-0.15, -0.1) is 0 Å². The van der Waals surface area contributed by atoms with Crippen molar-refractivity contribution in [3.8, 4) is 0 Å². The molecular weight excluding hydrogens is 174 g/mol. The molecule has 1 aromatic carbocycles. The SMILES string of the molecule is CC(C)(CO)c1cccc(CCN)c1. The Bertz CT molecular complexity index is 294. The van der Waals surface area contributed by atoms with Crippen LogP contribution >= 0.6 is 0 Å².